The summed E-state index contributed by atoms with van der Waals surface area (Å²) in [6.45, 7) is 5.82. The highest BCUT2D eigenvalue weighted by atomic mass is 19.1. The van der Waals surface area contributed by atoms with Gasteiger partial charge in [-0.2, -0.15) is 0 Å². The van der Waals surface area contributed by atoms with Crippen molar-refractivity contribution < 1.29 is 18.6 Å². The average molecular weight is 296 g/mol. The van der Waals surface area contributed by atoms with Crippen LogP contribution < -0.4 is 19.5 Å². The third kappa shape index (κ3) is 3.06. The fraction of sp³-hybridized carbons (Fsp3) is 0.600. The fourth-order valence-electron chi connectivity index (χ4n) is 2.86. The zero-order valence-corrected chi connectivity index (χ0v) is 12.3. The lowest BCUT2D eigenvalue weighted by atomic mass is 10.1. The number of nitrogens with one attached hydrogen (secondary N) is 1. The van der Waals surface area contributed by atoms with Crippen molar-refractivity contribution in [2.45, 2.75) is 6.42 Å². The third-order valence-corrected chi connectivity index (χ3v) is 3.93. The van der Waals surface area contributed by atoms with E-state index in [-0.39, 0.29) is 5.75 Å². The lowest BCUT2D eigenvalue weighted by molar-refractivity contribution is 0.166. The van der Waals surface area contributed by atoms with Crippen LogP contribution in [0, 0.1) is 5.82 Å². The molecule has 1 N–H and O–H groups in total. The Hall–Kier alpha value is -1.53. The zero-order valence-electron chi connectivity index (χ0n) is 12.3. The van der Waals surface area contributed by atoms with Crippen LogP contribution >= 0.6 is 0 Å². The van der Waals surface area contributed by atoms with Gasteiger partial charge in [0.25, 0.3) is 0 Å². The minimum atomic E-state index is -0.392. The Morgan fingerprint density at radius 2 is 2.05 bits per heavy atom. The van der Waals surface area contributed by atoms with Crippen molar-refractivity contribution in [2.75, 3.05) is 53.0 Å². The van der Waals surface area contributed by atoms with Crippen molar-refractivity contribution in [2.24, 2.45) is 0 Å². The van der Waals surface area contributed by atoms with Gasteiger partial charge in [-0.25, -0.2) is 4.39 Å². The molecule has 0 spiro atoms. The van der Waals surface area contributed by atoms with E-state index in [2.05, 4.69) is 10.2 Å². The van der Waals surface area contributed by atoms with Crippen LogP contribution in [0.5, 0.6) is 17.2 Å². The number of rotatable bonds is 4. The molecule has 2 heterocycles. The number of fused-ring (bicyclic) bond motifs is 1. The highest BCUT2D eigenvalue weighted by Crippen LogP contribution is 2.41. The Morgan fingerprint density at radius 3 is 2.81 bits per heavy atom. The maximum absolute atomic E-state index is 14.1. The Balaban J connectivity index is 1.82. The van der Waals surface area contributed by atoms with Crippen LogP contribution in [0.2, 0.25) is 0 Å². The van der Waals surface area contributed by atoms with Gasteiger partial charge in [-0.1, -0.05) is 0 Å². The Bertz CT molecular complexity index is 504. The molecular weight excluding hydrogens is 275 g/mol. The van der Waals surface area contributed by atoms with Crippen LogP contribution in [0.4, 0.5) is 4.39 Å². The highest BCUT2D eigenvalue weighted by Gasteiger charge is 2.24. The number of piperazine rings is 1. The molecule has 0 unspecified atom stereocenters. The first-order valence-corrected chi connectivity index (χ1v) is 7.37. The van der Waals surface area contributed by atoms with Crippen LogP contribution in [-0.2, 0) is 6.42 Å². The summed E-state index contributed by atoms with van der Waals surface area (Å²) in [5.41, 5.74) is 0.769. The number of hydrogen-bond acceptors (Lipinski definition) is 5. The highest BCUT2D eigenvalue weighted by molar-refractivity contribution is 5.55. The molecule has 116 valence electrons. The lowest BCUT2D eigenvalue weighted by Crippen LogP contribution is -2.44. The van der Waals surface area contributed by atoms with Gasteiger partial charge in [-0.3, -0.25) is 0 Å². The number of benzene rings is 1. The first kappa shape index (κ1) is 14.4. The van der Waals surface area contributed by atoms with E-state index in [0.29, 0.717) is 31.1 Å². The molecule has 1 aromatic carbocycles. The van der Waals surface area contributed by atoms with Crippen LogP contribution in [0.1, 0.15) is 5.56 Å². The fourth-order valence-corrected chi connectivity index (χ4v) is 2.86. The van der Waals surface area contributed by atoms with Gasteiger partial charge in [-0.15, -0.1) is 0 Å². The molecule has 0 aliphatic carbocycles. The zero-order chi connectivity index (χ0) is 14.7. The van der Waals surface area contributed by atoms with Crippen LogP contribution in [0.25, 0.3) is 0 Å². The maximum Gasteiger partial charge on any atom is 0.169 e. The summed E-state index contributed by atoms with van der Waals surface area (Å²) in [6, 6.07) is 1.35. The monoisotopic (exact) mass is 296 g/mol. The summed E-state index contributed by atoms with van der Waals surface area (Å²) < 4.78 is 30.5. The quantitative estimate of drug-likeness (QED) is 0.900. The van der Waals surface area contributed by atoms with Crippen LogP contribution in [0.3, 0.4) is 0 Å². The van der Waals surface area contributed by atoms with E-state index < -0.39 is 5.82 Å². The van der Waals surface area contributed by atoms with E-state index in [1.807, 2.05) is 0 Å². The van der Waals surface area contributed by atoms with E-state index in [9.17, 15) is 4.39 Å². The van der Waals surface area contributed by atoms with Crippen molar-refractivity contribution >= 4 is 0 Å². The molecule has 0 radical (unpaired) electrons. The topological polar surface area (TPSA) is 43.0 Å². The number of ether oxygens (including phenoxy) is 3. The first-order valence-electron chi connectivity index (χ1n) is 7.37. The molecule has 5 nitrogen and oxygen atoms in total. The van der Waals surface area contributed by atoms with Crippen molar-refractivity contribution in [3.8, 4) is 17.2 Å². The number of nitrogens with zero attached hydrogens (tertiary/aromatic N) is 1. The average Bonchev–Trinajstić information content (AvgIpc) is 2.53. The van der Waals surface area contributed by atoms with Gasteiger partial charge in [0.1, 0.15) is 13.2 Å². The van der Waals surface area contributed by atoms with Gasteiger partial charge in [0.05, 0.1) is 7.11 Å². The standard InChI is InChI=1S/C15H21FN2O3/c1-19-14-11(2-5-18-6-3-17-4-7-18)15-13(10-12(14)16)20-8-9-21-15/h10,17H,2-9H2,1H3. The summed E-state index contributed by atoms with van der Waals surface area (Å²) in [6.07, 6.45) is 0.687. The maximum atomic E-state index is 14.1. The summed E-state index contributed by atoms with van der Waals surface area (Å²) in [7, 11) is 1.49. The van der Waals surface area contributed by atoms with Gasteiger partial charge >= 0.3 is 0 Å². The molecule has 0 aromatic heterocycles. The van der Waals surface area contributed by atoms with E-state index in [4.69, 9.17) is 14.2 Å². The molecule has 1 saturated heterocycles. The van der Waals surface area contributed by atoms with E-state index in [0.717, 1.165) is 38.3 Å². The second kappa shape index (κ2) is 6.49. The Kier molecular flexibility index (Phi) is 4.45. The summed E-state index contributed by atoms with van der Waals surface area (Å²) >= 11 is 0. The van der Waals surface area contributed by atoms with Gasteiger partial charge in [-0.05, 0) is 6.42 Å². The van der Waals surface area contributed by atoms with E-state index >= 15 is 0 Å². The molecular formula is C15H21FN2O3. The second-order valence-corrected chi connectivity index (χ2v) is 5.24. The number of halogens is 1. The van der Waals surface area contributed by atoms with Crippen molar-refractivity contribution in [3.05, 3.63) is 17.4 Å². The minimum absolute atomic E-state index is 0.273. The van der Waals surface area contributed by atoms with Gasteiger partial charge in [0.15, 0.2) is 23.1 Å². The molecule has 1 fully saturated rings. The van der Waals surface area contributed by atoms with Crippen molar-refractivity contribution in [1.82, 2.24) is 10.2 Å². The molecule has 0 amide bonds. The van der Waals surface area contributed by atoms with Gasteiger partial charge in [0.2, 0.25) is 0 Å². The largest absolute Gasteiger partial charge is 0.493 e. The Labute approximate surface area is 124 Å². The molecule has 6 heteroatoms. The molecule has 2 aliphatic heterocycles. The SMILES string of the molecule is COc1c(F)cc2c(c1CCN1CCNCC1)OCCO2. The molecule has 2 aliphatic rings. The Morgan fingerprint density at radius 1 is 1.29 bits per heavy atom. The second-order valence-electron chi connectivity index (χ2n) is 5.24. The number of hydrogen-bond donors (Lipinski definition) is 1. The lowest BCUT2D eigenvalue weighted by Gasteiger charge is -2.28. The number of methoxy groups -OCH3 is 1. The molecule has 21 heavy (non-hydrogen) atoms. The van der Waals surface area contributed by atoms with Crippen LogP contribution in [0.15, 0.2) is 6.07 Å². The van der Waals surface area contributed by atoms with Gasteiger partial charge in [0, 0.05) is 44.4 Å². The predicted molar refractivity (Wildman–Crippen MR) is 77.0 cm³/mol. The van der Waals surface area contributed by atoms with Crippen molar-refractivity contribution in [3.63, 3.8) is 0 Å². The predicted octanol–water partition coefficient (Wildman–Crippen LogP) is 1.05. The molecule has 3 rings (SSSR count). The molecule has 0 saturated carbocycles. The first-order chi connectivity index (χ1) is 10.3. The summed E-state index contributed by atoms with van der Waals surface area (Å²) in [4.78, 5) is 2.36. The van der Waals surface area contributed by atoms with Crippen molar-refractivity contribution in [1.29, 1.82) is 0 Å². The van der Waals surface area contributed by atoms with Crippen LogP contribution in [-0.4, -0.2) is 57.9 Å². The summed E-state index contributed by atoms with van der Waals surface area (Å²) in [5, 5.41) is 3.32. The molecule has 1 aromatic rings. The van der Waals surface area contributed by atoms with Gasteiger partial charge < -0.3 is 24.4 Å². The molecule has 0 bridgehead atoms. The van der Waals surface area contributed by atoms with E-state index in [1.165, 1.54) is 13.2 Å². The molecule has 0 atom stereocenters. The minimum Gasteiger partial charge on any atom is -0.493 e. The van der Waals surface area contributed by atoms with E-state index in [1.54, 1.807) is 0 Å². The smallest absolute Gasteiger partial charge is 0.169 e. The summed E-state index contributed by atoms with van der Waals surface area (Å²) in [5.74, 6) is 0.996. The normalized spacial score (nSPS) is 18.6. The third-order valence-electron chi connectivity index (χ3n) is 3.93.